The number of nitrogens with zero attached hydrogens (tertiary/aromatic N) is 6. The van der Waals surface area contributed by atoms with Gasteiger partial charge in [0.15, 0.2) is 5.65 Å². The number of halogens is 1. The van der Waals surface area contributed by atoms with Crippen molar-refractivity contribution in [3.63, 3.8) is 0 Å². The Bertz CT molecular complexity index is 1240. The Morgan fingerprint density at radius 2 is 2.07 bits per heavy atom. The Hall–Kier alpha value is -3.19. The number of benzene rings is 1. The normalized spacial score (nSPS) is 16.9. The van der Waals surface area contributed by atoms with E-state index < -0.39 is 0 Å². The van der Waals surface area contributed by atoms with Gasteiger partial charge < -0.3 is 9.47 Å². The summed E-state index contributed by atoms with van der Waals surface area (Å²) in [6, 6.07) is 9.35. The molecule has 1 unspecified atom stereocenters. The van der Waals surface area contributed by atoms with Gasteiger partial charge in [0.2, 0.25) is 5.91 Å². The van der Waals surface area contributed by atoms with Crippen LogP contribution in [-0.2, 0) is 4.79 Å². The van der Waals surface area contributed by atoms with E-state index in [4.69, 9.17) is 11.6 Å². The van der Waals surface area contributed by atoms with E-state index in [9.17, 15) is 4.79 Å². The van der Waals surface area contributed by atoms with Gasteiger partial charge >= 0.3 is 0 Å². The van der Waals surface area contributed by atoms with Crippen LogP contribution in [0.3, 0.4) is 0 Å². The summed E-state index contributed by atoms with van der Waals surface area (Å²) in [5.41, 5.74) is 4.38. The molecule has 1 amide bonds. The standard InChI is InChI=1S/C21H19ClN6O/c1-13-8-14(2)28-21(25-13)18(11-24-28)20-23-6-7-26(20)17-10-19(29)27(12-17)16-5-3-4-15(22)9-16/h3-9,11,17H,10,12H2,1-2H3. The average Bonchev–Trinajstić information content (AvgIpc) is 3.38. The third kappa shape index (κ3) is 2.98. The van der Waals surface area contributed by atoms with Gasteiger partial charge in [0.05, 0.1) is 17.8 Å². The number of rotatable bonds is 3. The van der Waals surface area contributed by atoms with Crippen LogP contribution in [0.4, 0.5) is 5.69 Å². The molecule has 4 aromatic rings. The first-order chi connectivity index (χ1) is 14.0. The van der Waals surface area contributed by atoms with Crippen LogP contribution in [-0.4, -0.2) is 36.6 Å². The van der Waals surface area contributed by atoms with E-state index in [0.29, 0.717) is 18.0 Å². The minimum Gasteiger partial charge on any atom is -0.325 e. The van der Waals surface area contributed by atoms with Gasteiger partial charge in [-0.05, 0) is 38.1 Å². The van der Waals surface area contributed by atoms with E-state index >= 15 is 0 Å². The van der Waals surface area contributed by atoms with Crippen LogP contribution in [0.5, 0.6) is 0 Å². The second-order valence-electron chi connectivity index (χ2n) is 7.33. The summed E-state index contributed by atoms with van der Waals surface area (Å²) in [4.78, 5) is 23.7. The van der Waals surface area contributed by atoms with E-state index in [2.05, 4.69) is 19.6 Å². The van der Waals surface area contributed by atoms with Crippen molar-refractivity contribution in [1.29, 1.82) is 0 Å². The molecule has 1 fully saturated rings. The molecule has 0 aliphatic carbocycles. The van der Waals surface area contributed by atoms with Crippen LogP contribution in [0.25, 0.3) is 17.0 Å². The van der Waals surface area contributed by atoms with Crippen molar-refractivity contribution in [1.82, 2.24) is 24.1 Å². The number of aromatic nitrogens is 5. The van der Waals surface area contributed by atoms with Crippen molar-refractivity contribution in [2.75, 3.05) is 11.4 Å². The van der Waals surface area contributed by atoms with Gasteiger partial charge in [-0.25, -0.2) is 14.5 Å². The minimum absolute atomic E-state index is 0.0279. The Morgan fingerprint density at radius 3 is 2.90 bits per heavy atom. The number of carbonyl (C=O) groups excluding carboxylic acids is 1. The predicted octanol–water partition coefficient (Wildman–Crippen LogP) is 3.84. The number of anilines is 1. The molecule has 0 bridgehead atoms. The highest BCUT2D eigenvalue weighted by Crippen LogP contribution is 2.33. The highest BCUT2D eigenvalue weighted by Gasteiger charge is 2.33. The van der Waals surface area contributed by atoms with Crippen LogP contribution in [0, 0.1) is 13.8 Å². The smallest absolute Gasteiger partial charge is 0.229 e. The van der Waals surface area contributed by atoms with Crippen LogP contribution >= 0.6 is 11.6 Å². The highest BCUT2D eigenvalue weighted by molar-refractivity contribution is 6.30. The molecule has 0 radical (unpaired) electrons. The first-order valence-corrected chi connectivity index (χ1v) is 9.80. The molecular weight excluding hydrogens is 388 g/mol. The lowest BCUT2D eigenvalue weighted by atomic mass is 10.2. The molecule has 0 saturated carbocycles. The summed E-state index contributed by atoms with van der Waals surface area (Å²) in [6.45, 7) is 4.53. The van der Waals surface area contributed by atoms with Gasteiger partial charge in [-0.15, -0.1) is 0 Å². The first-order valence-electron chi connectivity index (χ1n) is 9.42. The Balaban J connectivity index is 1.53. The highest BCUT2D eigenvalue weighted by atomic mass is 35.5. The Kier molecular flexibility index (Phi) is 4.13. The SMILES string of the molecule is Cc1cc(C)n2ncc(-c3nccn3C3CC(=O)N(c4cccc(Cl)c4)C3)c2n1. The Labute approximate surface area is 172 Å². The molecule has 3 aromatic heterocycles. The second-order valence-corrected chi connectivity index (χ2v) is 7.77. The van der Waals surface area contributed by atoms with Gasteiger partial charge in [-0.1, -0.05) is 17.7 Å². The zero-order valence-electron chi connectivity index (χ0n) is 16.1. The maximum atomic E-state index is 12.7. The van der Waals surface area contributed by atoms with Gasteiger partial charge in [0.25, 0.3) is 0 Å². The third-order valence-electron chi connectivity index (χ3n) is 5.31. The number of hydrogen-bond donors (Lipinski definition) is 0. The van der Waals surface area contributed by atoms with Crippen molar-refractivity contribution in [3.8, 4) is 11.4 Å². The molecule has 1 aromatic carbocycles. The summed E-state index contributed by atoms with van der Waals surface area (Å²) in [5.74, 6) is 0.838. The summed E-state index contributed by atoms with van der Waals surface area (Å²) >= 11 is 6.11. The molecular formula is C21H19ClN6O. The maximum Gasteiger partial charge on any atom is 0.229 e. The topological polar surface area (TPSA) is 68.3 Å². The molecule has 0 spiro atoms. The lowest BCUT2D eigenvalue weighted by Gasteiger charge is -2.18. The number of imidazole rings is 1. The molecule has 1 atom stereocenters. The molecule has 5 rings (SSSR count). The maximum absolute atomic E-state index is 12.7. The predicted molar refractivity (Wildman–Crippen MR) is 111 cm³/mol. The number of hydrogen-bond acceptors (Lipinski definition) is 4. The quantitative estimate of drug-likeness (QED) is 0.518. The van der Waals surface area contributed by atoms with Crippen LogP contribution in [0.15, 0.2) is 48.9 Å². The second kappa shape index (κ2) is 6.70. The van der Waals surface area contributed by atoms with Gasteiger partial charge in [-0.2, -0.15) is 5.10 Å². The molecule has 7 nitrogen and oxygen atoms in total. The lowest BCUT2D eigenvalue weighted by molar-refractivity contribution is -0.117. The van der Waals surface area contributed by atoms with Crippen molar-refractivity contribution >= 4 is 28.8 Å². The molecule has 29 heavy (non-hydrogen) atoms. The van der Waals surface area contributed by atoms with Crippen molar-refractivity contribution in [3.05, 3.63) is 65.3 Å². The van der Waals surface area contributed by atoms with Crippen LogP contribution in [0.1, 0.15) is 23.9 Å². The molecule has 1 aliphatic rings. The molecule has 1 aliphatic heterocycles. The van der Waals surface area contributed by atoms with E-state index in [0.717, 1.165) is 34.1 Å². The fraction of sp³-hybridized carbons (Fsp3) is 0.238. The van der Waals surface area contributed by atoms with Crippen molar-refractivity contribution in [2.45, 2.75) is 26.3 Å². The van der Waals surface area contributed by atoms with Crippen LogP contribution < -0.4 is 4.90 Å². The van der Waals surface area contributed by atoms with E-state index in [1.165, 1.54) is 0 Å². The average molecular weight is 407 g/mol. The third-order valence-corrected chi connectivity index (χ3v) is 5.54. The van der Waals surface area contributed by atoms with E-state index in [-0.39, 0.29) is 11.9 Å². The monoisotopic (exact) mass is 406 g/mol. The summed E-state index contributed by atoms with van der Waals surface area (Å²) < 4.78 is 3.87. The lowest BCUT2D eigenvalue weighted by Crippen LogP contribution is -2.24. The largest absolute Gasteiger partial charge is 0.325 e. The molecule has 8 heteroatoms. The first kappa shape index (κ1) is 17.9. The fourth-order valence-corrected chi connectivity index (χ4v) is 4.20. The van der Waals surface area contributed by atoms with E-state index in [1.807, 2.05) is 48.8 Å². The zero-order valence-corrected chi connectivity index (χ0v) is 16.8. The summed E-state index contributed by atoms with van der Waals surface area (Å²) in [7, 11) is 0. The van der Waals surface area contributed by atoms with Gasteiger partial charge in [0.1, 0.15) is 5.82 Å². The van der Waals surface area contributed by atoms with Gasteiger partial charge in [-0.3, -0.25) is 4.79 Å². The molecule has 146 valence electrons. The number of amides is 1. The molecule has 4 heterocycles. The Morgan fingerprint density at radius 1 is 1.21 bits per heavy atom. The van der Waals surface area contributed by atoms with Crippen LogP contribution in [0.2, 0.25) is 5.02 Å². The number of fused-ring (bicyclic) bond motifs is 1. The minimum atomic E-state index is -0.0279. The zero-order chi connectivity index (χ0) is 20.1. The molecule has 0 N–H and O–H groups in total. The fourth-order valence-electron chi connectivity index (χ4n) is 4.01. The number of aryl methyl sites for hydroxylation is 2. The van der Waals surface area contributed by atoms with E-state index in [1.54, 1.807) is 23.4 Å². The number of carbonyl (C=O) groups is 1. The van der Waals surface area contributed by atoms with Crippen molar-refractivity contribution in [2.24, 2.45) is 0 Å². The van der Waals surface area contributed by atoms with Crippen molar-refractivity contribution < 1.29 is 4.79 Å². The van der Waals surface area contributed by atoms with Gasteiger partial charge in [0, 0.05) is 47.5 Å². The summed E-state index contributed by atoms with van der Waals surface area (Å²) in [6.07, 6.45) is 5.87. The molecule has 1 saturated heterocycles. The summed E-state index contributed by atoms with van der Waals surface area (Å²) in [5, 5.41) is 5.09.